The van der Waals surface area contributed by atoms with Gasteiger partial charge in [-0.05, 0) is 31.9 Å². The quantitative estimate of drug-likeness (QED) is 0.409. The molecule has 1 aromatic carbocycles. The molecule has 1 heterocycles. The van der Waals surface area contributed by atoms with Crippen LogP contribution in [0.15, 0.2) is 28.2 Å². The normalized spacial score (nSPS) is 12.4. The first kappa shape index (κ1) is 19.0. The lowest BCUT2D eigenvalue weighted by Crippen LogP contribution is -2.19. The van der Waals surface area contributed by atoms with Gasteiger partial charge in [0.1, 0.15) is 5.82 Å². The fourth-order valence-electron chi connectivity index (χ4n) is 2.63. The van der Waals surface area contributed by atoms with Crippen LogP contribution in [0.3, 0.4) is 0 Å². The maximum atomic E-state index is 14.4. The van der Waals surface area contributed by atoms with Crippen LogP contribution < -0.4 is 5.56 Å². The van der Waals surface area contributed by atoms with Crippen molar-refractivity contribution in [2.24, 2.45) is 0 Å². The third-order valence-corrected chi connectivity index (χ3v) is 5.28. The van der Waals surface area contributed by atoms with Crippen LogP contribution in [0.1, 0.15) is 55.8 Å². The van der Waals surface area contributed by atoms with E-state index in [0.717, 1.165) is 18.6 Å². The van der Waals surface area contributed by atoms with Gasteiger partial charge in [0.25, 0.3) is 5.56 Å². The zero-order valence-electron chi connectivity index (χ0n) is 14.2. The molecule has 6 heteroatoms. The summed E-state index contributed by atoms with van der Waals surface area (Å²) in [5, 5.41) is 0.948. The summed E-state index contributed by atoms with van der Waals surface area (Å²) in [6.07, 6.45) is 2.74. The summed E-state index contributed by atoms with van der Waals surface area (Å²) in [6.45, 7) is 5.78. The third-order valence-electron chi connectivity index (χ3n) is 3.99. The van der Waals surface area contributed by atoms with Crippen LogP contribution in [0.5, 0.6) is 0 Å². The molecule has 0 spiro atoms. The van der Waals surface area contributed by atoms with Crippen molar-refractivity contribution in [3.8, 4) is 0 Å². The molecule has 2 rings (SSSR count). The predicted octanol–water partition coefficient (Wildman–Crippen LogP) is 5.30. The lowest BCUT2D eigenvalue weighted by molar-refractivity contribution is 0.585. The molecule has 1 unspecified atom stereocenters. The van der Waals surface area contributed by atoms with Crippen molar-refractivity contribution in [3.63, 3.8) is 0 Å². The summed E-state index contributed by atoms with van der Waals surface area (Å²) in [6, 6.07) is 4.64. The molecule has 1 atom stereocenters. The lowest BCUT2D eigenvalue weighted by Gasteiger charge is -2.19. The Labute approximate surface area is 151 Å². The van der Waals surface area contributed by atoms with E-state index >= 15 is 0 Å². The van der Waals surface area contributed by atoms with Crippen LogP contribution >= 0.6 is 23.4 Å². The number of rotatable bonds is 7. The van der Waals surface area contributed by atoms with Gasteiger partial charge in [-0.25, -0.2) is 9.37 Å². The van der Waals surface area contributed by atoms with Gasteiger partial charge in [0.05, 0.1) is 5.69 Å². The Balaban J connectivity index is 2.49. The van der Waals surface area contributed by atoms with E-state index in [0.29, 0.717) is 33.4 Å². The molecule has 0 aliphatic carbocycles. The van der Waals surface area contributed by atoms with Gasteiger partial charge in [-0.3, -0.25) is 4.79 Å². The van der Waals surface area contributed by atoms with Gasteiger partial charge in [0.15, 0.2) is 5.16 Å². The van der Waals surface area contributed by atoms with Crippen LogP contribution in [-0.2, 0) is 0 Å². The Hall–Kier alpha value is -1.33. The highest BCUT2D eigenvalue weighted by Crippen LogP contribution is 2.35. The van der Waals surface area contributed by atoms with Crippen molar-refractivity contribution in [2.75, 3.05) is 5.75 Å². The standard InChI is InChI=1S/C18H22ClFN2OS/c1-4-6-10-24-18-21-16(11(3)17(23)22-18)12(5-2)15-13(19)8-7-9-14(15)20/h7-9,12H,4-6,10H2,1-3H3,(H,21,22,23). The molecule has 130 valence electrons. The summed E-state index contributed by atoms with van der Waals surface area (Å²) >= 11 is 7.75. The first-order chi connectivity index (χ1) is 11.5. The second-order valence-corrected chi connectivity index (χ2v) is 7.17. The minimum absolute atomic E-state index is 0.176. The Morgan fingerprint density at radius 2 is 2.12 bits per heavy atom. The molecular weight excluding hydrogens is 347 g/mol. The van der Waals surface area contributed by atoms with Gasteiger partial charge >= 0.3 is 0 Å². The van der Waals surface area contributed by atoms with Gasteiger partial charge in [0, 0.05) is 27.8 Å². The van der Waals surface area contributed by atoms with Crippen LogP contribution in [0.2, 0.25) is 5.02 Å². The summed E-state index contributed by atoms with van der Waals surface area (Å²) < 4.78 is 14.4. The number of nitrogens with zero attached hydrogens (tertiary/aromatic N) is 1. The largest absolute Gasteiger partial charge is 0.301 e. The van der Waals surface area contributed by atoms with Crippen LogP contribution in [0, 0.1) is 12.7 Å². The Morgan fingerprint density at radius 3 is 2.75 bits per heavy atom. The molecule has 0 bridgehead atoms. The van der Waals surface area contributed by atoms with E-state index in [1.807, 2.05) is 6.92 Å². The number of aromatic amines is 1. The predicted molar refractivity (Wildman–Crippen MR) is 98.8 cm³/mol. The van der Waals surface area contributed by atoms with E-state index < -0.39 is 0 Å². The van der Waals surface area contributed by atoms with E-state index in [2.05, 4.69) is 16.9 Å². The minimum Gasteiger partial charge on any atom is -0.301 e. The number of hydrogen-bond donors (Lipinski definition) is 1. The number of nitrogens with one attached hydrogen (secondary N) is 1. The van der Waals surface area contributed by atoms with E-state index in [-0.39, 0.29) is 17.3 Å². The van der Waals surface area contributed by atoms with E-state index in [1.165, 1.54) is 17.8 Å². The van der Waals surface area contributed by atoms with Crippen molar-refractivity contribution in [1.82, 2.24) is 9.97 Å². The molecule has 0 saturated heterocycles. The van der Waals surface area contributed by atoms with Gasteiger partial charge in [0.2, 0.25) is 0 Å². The molecule has 0 aliphatic heterocycles. The molecule has 0 fully saturated rings. The maximum absolute atomic E-state index is 14.4. The van der Waals surface area contributed by atoms with Gasteiger partial charge in [-0.2, -0.15) is 0 Å². The Kier molecular flexibility index (Phi) is 6.87. The topological polar surface area (TPSA) is 45.8 Å². The smallest absolute Gasteiger partial charge is 0.254 e. The summed E-state index contributed by atoms with van der Waals surface area (Å²) in [4.78, 5) is 19.7. The van der Waals surface area contributed by atoms with E-state index in [1.54, 1.807) is 19.1 Å². The minimum atomic E-state index is -0.365. The van der Waals surface area contributed by atoms with E-state index in [9.17, 15) is 9.18 Å². The monoisotopic (exact) mass is 368 g/mol. The SMILES string of the molecule is CCCCSc1nc(C(CC)c2c(F)cccc2Cl)c(C)c(=O)[nH]1. The number of unbranched alkanes of at least 4 members (excludes halogenated alkanes) is 1. The van der Waals surface area contributed by atoms with Gasteiger partial charge in [-0.15, -0.1) is 0 Å². The molecule has 1 N–H and O–H groups in total. The average Bonchev–Trinajstić information content (AvgIpc) is 2.55. The zero-order valence-corrected chi connectivity index (χ0v) is 15.7. The van der Waals surface area contributed by atoms with Crippen LogP contribution in [0.25, 0.3) is 0 Å². The first-order valence-corrected chi connectivity index (χ1v) is 9.53. The summed E-state index contributed by atoms with van der Waals surface area (Å²) in [7, 11) is 0. The molecule has 1 aromatic heterocycles. The van der Waals surface area contributed by atoms with Gasteiger partial charge < -0.3 is 4.98 Å². The second kappa shape index (κ2) is 8.67. The summed E-state index contributed by atoms with van der Waals surface area (Å²) in [5.74, 6) is 0.182. The Bertz CT molecular complexity index is 743. The molecule has 0 saturated carbocycles. The zero-order chi connectivity index (χ0) is 17.7. The fourth-order valence-corrected chi connectivity index (χ4v) is 3.88. The maximum Gasteiger partial charge on any atom is 0.254 e. The number of hydrogen-bond acceptors (Lipinski definition) is 3. The second-order valence-electron chi connectivity index (χ2n) is 5.68. The average molecular weight is 369 g/mol. The number of thioether (sulfide) groups is 1. The van der Waals surface area contributed by atoms with E-state index in [4.69, 9.17) is 11.6 Å². The van der Waals surface area contributed by atoms with Crippen molar-refractivity contribution in [3.05, 3.63) is 56.2 Å². The third kappa shape index (κ3) is 4.19. The number of halogens is 2. The lowest BCUT2D eigenvalue weighted by atomic mass is 9.90. The molecule has 2 aromatic rings. The van der Waals surface area contributed by atoms with Crippen molar-refractivity contribution in [1.29, 1.82) is 0 Å². The van der Waals surface area contributed by atoms with Gasteiger partial charge in [-0.1, -0.05) is 49.7 Å². The molecule has 0 amide bonds. The molecule has 0 aliphatic rings. The highest BCUT2D eigenvalue weighted by atomic mass is 35.5. The van der Waals surface area contributed by atoms with Crippen molar-refractivity contribution >= 4 is 23.4 Å². The molecular formula is C18H22ClFN2OS. The molecule has 24 heavy (non-hydrogen) atoms. The van der Waals surface area contributed by atoms with Crippen molar-refractivity contribution < 1.29 is 4.39 Å². The first-order valence-electron chi connectivity index (χ1n) is 8.17. The van der Waals surface area contributed by atoms with Crippen LogP contribution in [-0.4, -0.2) is 15.7 Å². The fraction of sp³-hybridized carbons (Fsp3) is 0.444. The van der Waals surface area contributed by atoms with Crippen LogP contribution in [0.4, 0.5) is 4.39 Å². The molecule has 0 radical (unpaired) electrons. The highest BCUT2D eigenvalue weighted by Gasteiger charge is 2.24. The number of benzene rings is 1. The highest BCUT2D eigenvalue weighted by molar-refractivity contribution is 7.99. The summed E-state index contributed by atoms with van der Waals surface area (Å²) in [5.41, 5.74) is 1.35. The number of aromatic nitrogens is 2. The van der Waals surface area contributed by atoms with Crippen molar-refractivity contribution in [2.45, 2.75) is 51.1 Å². The number of H-pyrrole nitrogens is 1. The molecule has 3 nitrogen and oxygen atoms in total. The Morgan fingerprint density at radius 1 is 1.38 bits per heavy atom.